The van der Waals surface area contributed by atoms with Gasteiger partial charge in [0.1, 0.15) is 5.82 Å². The van der Waals surface area contributed by atoms with E-state index in [2.05, 4.69) is 6.07 Å². The normalized spacial score (nSPS) is 9.56. The molecule has 0 aliphatic carbocycles. The topological polar surface area (TPSA) is 26.0 Å². The van der Waals surface area contributed by atoms with Gasteiger partial charge in [0, 0.05) is 12.6 Å². The standard InChI is InChI=1S/C7H7FN/c8-7-3-1-2-6(4-7)5-9/h1-3H,5,9H2. The fourth-order valence-corrected chi connectivity index (χ4v) is 0.605. The van der Waals surface area contributed by atoms with E-state index in [9.17, 15) is 4.39 Å². The average molecular weight is 124 g/mol. The first-order valence-electron chi connectivity index (χ1n) is 2.69. The first-order chi connectivity index (χ1) is 4.33. The minimum Gasteiger partial charge on any atom is -0.326 e. The molecule has 9 heavy (non-hydrogen) atoms. The lowest BCUT2D eigenvalue weighted by Gasteiger charge is -1.92. The lowest BCUT2D eigenvalue weighted by atomic mass is 10.2. The monoisotopic (exact) mass is 124 g/mol. The molecule has 0 fully saturated rings. The minimum absolute atomic E-state index is 0.345. The Morgan fingerprint density at radius 3 is 2.78 bits per heavy atom. The van der Waals surface area contributed by atoms with Crippen molar-refractivity contribution in [1.82, 2.24) is 0 Å². The molecule has 0 saturated carbocycles. The molecule has 0 spiro atoms. The van der Waals surface area contributed by atoms with Crippen molar-refractivity contribution in [3.05, 3.63) is 35.6 Å². The number of rotatable bonds is 1. The van der Waals surface area contributed by atoms with Gasteiger partial charge in [0.25, 0.3) is 0 Å². The summed E-state index contributed by atoms with van der Waals surface area (Å²) in [6.07, 6.45) is 0. The van der Waals surface area contributed by atoms with Gasteiger partial charge in [-0.25, -0.2) is 4.39 Å². The molecule has 2 heteroatoms. The van der Waals surface area contributed by atoms with Crippen LogP contribution in [-0.2, 0) is 6.54 Å². The highest BCUT2D eigenvalue weighted by molar-refractivity contribution is 5.13. The molecule has 1 aromatic rings. The van der Waals surface area contributed by atoms with Crippen molar-refractivity contribution in [3.63, 3.8) is 0 Å². The smallest absolute Gasteiger partial charge is 0.131 e. The highest BCUT2D eigenvalue weighted by Crippen LogP contribution is 1.99. The Kier molecular flexibility index (Phi) is 1.80. The van der Waals surface area contributed by atoms with Crippen molar-refractivity contribution >= 4 is 0 Å². The van der Waals surface area contributed by atoms with Gasteiger partial charge in [-0.05, 0) is 11.6 Å². The van der Waals surface area contributed by atoms with Crippen molar-refractivity contribution in [2.45, 2.75) is 6.54 Å². The van der Waals surface area contributed by atoms with E-state index in [1.54, 1.807) is 12.1 Å². The molecular formula is C7H7FN. The Morgan fingerprint density at radius 1 is 1.56 bits per heavy atom. The van der Waals surface area contributed by atoms with Crippen LogP contribution in [0, 0.1) is 11.9 Å². The van der Waals surface area contributed by atoms with Gasteiger partial charge in [-0.1, -0.05) is 12.1 Å². The van der Waals surface area contributed by atoms with Crippen LogP contribution in [0.15, 0.2) is 18.2 Å². The average Bonchev–Trinajstić information content (AvgIpc) is 1.88. The molecule has 2 N–H and O–H groups in total. The zero-order valence-electron chi connectivity index (χ0n) is 4.89. The molecule has 47 valence electrons. The zero-order valence-corrected chi connectivity index (χ0v) is 4.89. The summed E-state index contributed by atoms with van der Waals surface area (Å²) in [5.41, 5.74) is 5.92. The third-order valence-corrected chi connectivity index (χ3v) is 1.04. The summed E-state index contributed by atoms with van der Waals surface area (Å²) in [4.78, 5) is 0. The largest absolute Gasteiger partial charge is 0.326 e. The Morgan fingerprint density at radius 2 is 2.33 bits per heavy atom. The van der Waals surface area contributed by atoms with Gasteiger partial charge in [0.2, 0.25) is 0 Å². The van der Waals surface area contributed by atoms with E-state index in [0.29, 0.717) is 12.1 Å². The van der Waals surface area contributed by atoms with Crippen LogP contribution in [0.1, 0.15) is 5.56 Å². The summed E-state index contributed by atoms with van der Waals surface area (Å²) in [7, 11) is 0. The molecule has 0 aliphatic rings. The van der Waals surface area contributed by atoms with Gasteiger partial charge in [-0.15, -0.1) is 0 Å². The molecule has 0 amide bonds. The summed E-state index contributed by atoms with van der Waals surface area (Å²) in [5.74, 6) is -0.349. The third-order valence-electron chi connectivity index (χ3n) is 1.04. The summed E-state index contributed by atoms with van der Waals surface area (Å²) < 4.78 is 12.2. The van der Waals surface area contributed by atoms with E-state index in [0.717, 1.165) is 0 Å². The Balaban J connectivity index is 2.94. The molecule has 0 atom stereocenters. The molecule has 1 aromatic carbocycles. The third kappa shape index (κ3) is 1.50. The summed E-state index contributed by atoms with van der Waals surface area (Å²) in [6.45, 7) is 0.345. The van der Waals surface area contributed by atoms with E-state index in [4.69, 9.17) is 5.73 Å². The van der Waals surface area contributed by atoms with Gasteiger partial charge in [-0.2, -0.15) is 0 Å². The molecule has 1 radical (unpaired) electrons. The number of halogens is 1. The zero-order chi connectivity index (χ0) is 6.69. The van der Waals surface area contributed by atoms with Crippen molar-refractivity contribution in [1.29, 1.82) is 0 Å². The van der Waals surface area contributed by atoms with Crippen LogP contribution < -0.4 is 5.73 Å². The van der Waals surface area contributed by atoms with E-state index < -0.39 is 0 Å². The maximum Gasteiger partial charge on any atom is 0.131 e. The van der Waals surface area contributed by atoms with Gasteiger partial charge in [-0.3, -0.25) is 0 Å². The summed E-state index contributed by atoms with van der Waals surface area (Å²) >= 11 is 0. The van der Waals surface area contributed by atoms with Crippen LogP contribution in [0.25, 0.3) is 0 Å². The Bertz CT molecular complexity index is 198. The van der Waals surface area contributed by atoms with Gasteiger partial charge >= 0.3 is 0 Å². The number of nitrogens with two attached hydrogens (primary N) is 1. The molecule has 0 aromatic heterocycles. The SMILES string of the molecule is NCc1[c]c(F)ccc1. The lowest BCUT2D eigenvalue weighted by Crippen LogP contribution is -1.96. The fraction of sp³-hybridized carbons (Fsp3) is 0.143. The van der Waals surface area contributed by atoms with Crippen LogP contribution in [0.3, 0.4) is 0 Å². The van der Waals surface area contributed by atoms with E-state index in [1.165, 1.54) is 6.07 Å². The molecule has 0 saturated heterocycles. The first-order valence-corrected chi connectivity index (χ1v) is 2.69. The van der Waals surface area contributed by atoms with Gasteiger partial charge in [0.15, 0.2) is 0 Å². The number of hydrogen-bond acceptors (Lipinski definition) is 1. The quantitative estimate of drug-likeness (QED) is 0.595. The maximum atomic E-state index is 12.2. The van der Waals surface area contributed by atoms with Crippen molar-refractivity contribution in [2.75, 3.05) is 0 Å². The van der Waals surface area contributed by atoms with Crippen molar-refractivity contribution < 1.29 is 4.39 Å². The van der Waals surface area contributed by atoms with Crippen LogP contribution in [0.5, 0.6) is 0 Å². The first kappa shape index (κ1) is 6.23. The summed E-state index contributed by atoms with van der Waals surface area (Å²) in [5, 5.41) is 0. The second-order valence-corrected chi connectivity index (χ2v) is 1.73. The van der Waals surface area contributed by atoms with Crippen LogP contribution >= 0.6 is 0 Å². The number of benzene rings is 1. The Labute approximate surface area is 53.3 Å². The molecule has 0 heterocycles. The molecule has 0 aliphatic heterocycles. The molecule has 0 unspecified atom stereocenters. The predicted octanol–water partition coefficient (Wildman–Crippen LogP) is 1.08. The van der Waals surface area contributed by atoms with Crippen LogP contribution in [0.4, 0.5) is 4.39 Å². The molecule has 1 nitrogen and oxygen atoms in total. The second-order valence-electron chi connectivity index (χ2n) is 1.73. The van der Waals surface area contributed by atoms with Gasteiger partial charge < -0.3 is 5.73 Å². The second kappa shape index (κ2) is 2.60. The molecular weight excluding hydrogens is 117 g/mol. The van der Waals surface area contributed by atoms with E-state index in [-0.39, 0.29) is 5.82 Å². The van der Waals surface area contributed by atoms with Crippen LogP contribution in [0.2, 0.25) is 0 Å². The lowest BCUT2D eigenvalue weighted by molar-refractivity contribution is 0.623. The molecule has 1 rings (SSSR count). The predicted molar refractivity (Wildman–Crippen MR) is 33.1 cm³/mol. The van der Waals surface area contributed by atoms with Crippen molar-refractivity contribution in [2.24, 2.45) is 5.73 Å². The fourth-order valence-electron chi connectivity index (χ4n) is 0.605. The van der Waals surface area contributed by atoms with Gasteiger partial charge in [0.05, 0.1) is 0 Å². The van der Waals surface area contributed by atoms with E-state index in [1.807, 2.05) is 0 Å². The Hall–Kier alpha value is -0.890. The summed E-state index contributed by atoms with van der Waals surface area (Å²) in [6, 6.07) is 7.17. The van der Waals surface area contributed by atoms with Crippen LogP contribution in [-0.4, -0.2) is 0 Å². The highest BCUT2D eigenvalue weighted by atomic mass is 19.1. The molecule has 0 bridgehead atoms. The number of hydrogen-bond donors (Lipinski definition) is 1. The van der Waals surface area contributed by atoms with Crippen molar-refractivity contribution in [3.8, 4) is 0 Å². The minimum atomic E-state index is -0.349. The maximum absolute atomic E-state index is 12.2. The van der Waals surface area contributed by atoms with E-state index >= 15 is 0 Å². The highest BCUT2D eigenvalue weighted by Gasteiger charge is 1.90.